The Morgan fingerprint density at radius 1 is 0.149 bits per heavy atom. The smallest absolute Gasteiger partial charge is 0.0540 e. The number of hydrogen-bond acceptors (Lipinski definition) is 6. The van der Waals surface area contributed by atoms with Gasteiger partial charge >= 0.3 is 0 Å². The van der Waals surface area contributed by atoms with Crippen molar-refractivity contribution in [2.45, 2.75) is 0 Å². The van der Waals surface area contributed by atoms with Crippen LogP contribution in [0.1, 0.15) is 0 Å². The van der Waals surface area contributed by atoms with Crippen LogP contribution in [0.25, 0.3) is 74.4 Å². The largest absolute Gasteiger partial charge is 0.311 e. The molecule has 16 rings (SSSR count). The van der Waals surface area contributed by atoms with Crippen LogP contribution in [0.5, 0.6) is 0 Å². The topological polar surface area (TPSA) is 13.0 Å². The third-order valence-electron chi connectivity index (χ3n) is 17.5. The Bertz CT molecular complexity index is 4870. The number of nitrogens with zero attached hydrogens (tertiary/aromatic N) is 4. The number of fused-ring (bicyclic) bond motifs is 2. The van der Waals surface area contributed by atoms with Crippen molar-refractivity contribution in [1.82, 2.24) is 0 Å². The monoisotopic (exact) mass is 1240 g/mol. The molecule has 14 aromatic carbocycles. The van der Waals surface area contributed by atoms with Gasteiger partial charge in [-0.1, -0.05) is 218 Å². The predicted octanol–water partition coefficient (Wildman–Crippen LogP) is 26.3. The van der Waals surface area contributed by atoms with Crippen molar-refractivity contribution in [3.63, 3.8) is 0 Å². The van der Waals surface area contributed by atoms with E-state index in [1.807, 2.05) is 22.7 Å². The second kappa shape index (κ2) is 25.8. The first-order chi connectivity index (χ1) is 46.6. The van der Waals surface area contributed by atoms with E-state index in [-0.39, 0.29) is 0 Å². The Balaban J connectivity index is 0.702. The van der Waals surface area contributed by atoms with E-state index < -0.39 is 0 Å². The summed E-state index contributed by atoms with van der Waals surface area (Å²) in [7, 11) is 0. The van der Waals surface area contributed by atoms with E-state index in [0.29, 0.717) is 0 Å². The van der Waals surface area contributed by atoms with Gasteiger partial charge in [-0.25, -0.2) is 0 Å². The average molecular weight is 1240 g/mol. The highest BCUT2D eigenvalue weighted by Gasteiger charge is 2.22. The lowest BCUT2D eigenvalue weighted by Crippen LogP contribution is -2.12. The van der Waals surface area contributed by atoms with Gasteiger partial charge in [0.2, 0.25) is 0 Å². The Morgan fingerprint density at radius 2 is 0.372 bits per heavy atom. The lowest BCUT2D eigenvalue weighted by molar-refractivity contribution is 1.26. The molecule has 0 bridgehead atoms. The van der Waals surface area contributed by atoms with Crippen LogP contribution in [0.4, 0.5) is 68.2 Å². The van der Waals surface area contributed by atoms with Gasteiger partial charge in [-0.15, -0.1) is 22.7 Å². The fourth-order valence-corrected chi connectivity index (χ4v) is 14.9. The zero-order chi connectivity index (χ0) is 62.6. The maximum absolute atomic E-state index is 2.39. The summed E-state index contributed by atoms with van der Waals surface area (Å²) in [5.41, 5.74) is 20.1. The lowest BCUT2D eigenvalue weighted by atomic mass is 10.0. The van der Waals surface area contributed by atoms with Crippen molar-refractivity contribution in [3.05, 3.63) is 376 Å². The van der Waals surface area contributed by atoms with Crippen molar-refractivity contribution in [3.8, 4) is 52.9 Å². The summed E-state index contributed by atoms with van der Waals surface area (Å²) in [5, 5.41) is 4.73. The van der Waals surface area contributed by atoms with Gasteiger partial charge in [-0.2, -0.15) is 0 Å². The van der Waals surface area contributed by atoms with E-state index in [9.17, 15) is 0 Å². The highest BCUT2D eigenvalue weighted by atomic mass is 32.1. The SMILES string of the molecule is c1ccc(-c2ccc(-c3ccc(N(c4ccccc4)c4ccc(N(c5ccc(-c6ccc(N(c7ccc(N(c8ccccc8)c8ccc(-c9ccc(-c%10ccccc%10)s9)cc8)cc7)c7cccc8ccccc78)cc6)cc5)c5cccc6ccccc56)cc4)cc3)s2)cc1. The molecule has 0 aliphatic carbocycles. The summed E-state index contributed by atoms with van der Waals surface area (Å²) < 4.78 is 0. The van der Waals surface area contributed by atoms with E-state index in [4.69, 9.17) is 0 Å². The Labute approximate surface area is 557 Å². The van der Waals surface area contributed by atoms with Crippen LogP contribution in [-0.2, 0) is 0 Å². The number of anilines is 12. The fraction of sp³-hybridized carbons (Fsp3) is 0. The minimum Gasteiger partial charge on any atom is -0.311 e. The van der Waals surface area contributed by atoms with Crippen molar-refractivity contribution in [2.75, 3.05) is 19.6 Å². The summed E-state index contributed by atoms with van der Waals surface area (Å²) in [5.74, 6) is 0. The molecular formula is C88H62N4S2. The first kappa shape index (κ1) is 57.4. The van der Waals surface area contributed by atoms with Crippen LogP contribution in [0.3, 0.4) is 0 Å². The molecule has 0 fully saturated rings. The molecular weight excluding hydrogens is 1180 g/mol. The van der Waals surface area contributed by atoms with Gasteiger partial charge in [0.15, 0.2) is 0 Å². The summed E-state index contributed by atoms with van der Waals surface area (Å²) in [6, 6.07) is 136. The predicted molar refractivity (Wildman–Crippen MR) is 403 cm³/mol. The molecule has 0 unspecified atom stereocenters. The third-order valence-corrected chi connectivity index (χ3v) is 19.9. The molecule has 16 aromatic rings. The van der Waals surface area contributed by atoms with Crippen molar-refractivity contribution in [1.29, 1.82) is 0 Å². The number of rotatable bonds is 17. The number of hydrogen-bond donors (Lipinski definition) is 0. The second-order valence-electron chi connectivity index (χ2n) is 23.3. The van der Waals surface area contributed by atoms with Crippen molar-refractivity contribution < 1.29 is 0 Å². The third kappa shape index (κ3) is 11.6. The van der Waals surface area contributed by atoms with Crippen LogP contribution in [0, 0.1) is 0 Å². The Hall–Kier alpha value is -11.8. The Morgan fingerprint density at radius 3 is 0.691 bits per heavy atom. The highest BCUT2D eigenvalue weighted by Crippen LogP contribution is 2.46. The average Bonchev–Trinajstić information content (AvgIpc) is 2.37. The molecule has 0 atom stereocenters. The zero-order valence-corrected chi connectivity index (χ0v) is 53.0. The second-order valence-corrected chi connectivity index (χ2v) is 25.5. The minimum absolute atomic E-state index is 1.06. The standard InChI is InChI=1S/C88H62N4S2/c1-5-21-67(22-6-1)85-59-61-87(93-85)69-39-47-73(48-40-69)89(71-27-9-3-10-28-71)75-51-55-79(56-52-75)91(83-33-17-25-65-19-13-15-31-81(65)83)77-43-35-63(36-44-77)64-37-45-78(46-38-64)92(84-34-18-26-66-20-14-16-32-82(66)84)80-57-53-76(54-58-80)90(72-29-11-4-12-30-72)74-49-41-70(42-50-74)88-62-60-86(94-88)68-23-7-2-8-24-68/h1-62H. The van der Waals surface area contributed by atoms with E-state index in [2.05, 4.69) is 396 Å². The molecule has 0 radical (unpaired) electrons. The molecule has 0 amide bonds. The van der Waals surface area contributed by atoms with Crippen LogP contribution in [-0.4, -0.2) is 0 Å². The molecule has 0 saturated heterocycles. The summed E-state index contributed by atoms with van der Waals surface area (Å²) in [6.07, 6.45) is 0. The quantitative estimate of drug-likeness (QED) is 0.0901. The van der Waals surface area contributed by atoms with E-state index >= 15 is 0 Å². The van der Waals surface area contributed by atoms with Crippen LogP contribution in [0.15, 0.2) is 376 Å². The van der Waals surface area contributed by atoms with Crippen LogP contribution < -0.4 is 19.6 Å². The maximum Gasteiger partial charge on any atom is 0.0540 e. The van der Waals surface area contributed by atoms with Gasteiger partial charge in [0, 0.05) is 87.2 Å². The van der Waals surface area contributed by atoms with Gasteiger partial charge in [-0.3, -0.25) is 0 Å². The molecule has 0 spiro atoms. The minimum atomic E-state index is 1.06. The maximum atomic E-state index is 2.39. The van der Waals surface area contributed by atoms with Gasteiger partial charge in [0.1, 0.15) is 0 Å². The zero-order valence-electron chi connectivity index (χ0n) is 51.4. The van der Waals surface area contributed by atoms with Crippen molar-refractivity contribution >= 4 is 112 Å². The van der Waals surface area contributed by atoms with E-state index in [1.54, 1.807) is 0 Å². The first-order valence-electron chi connectivity index (χ1n) is 31.8. The van der Waals surface area contributed by atoms with Gasteiger partial charge < -0.3 is 19.6 Å². The van der Waals surface area contributed by atoms with Gasteiger partial charge in [-0.05, 0) is 202 Å². The summed E-state index contributed by atoms with van der Waals surface area (Å²) in [4.78, 5) is 14.5. The first-order valence-corrected chi connectivity index (χ1v) is 33.4. The molecule has 2 heterocycles. The van der Waals surface area contributed by atoms with Crippen LogP contribution in [0.2, 0.25) is 0 Å². The molecule has 0 aliphatic heterocycles. The molecule has 0 saturated carbocycles. The Kier molecular flexibility index (Phi) is 15.8. The molecule has 4 nitrogen and oxygen atoms in total. The number of para-hydroxylation sites is 2. The summed E-state index contributed by atoms with van der Waals surface area (Å²) >= 11 is 3.65. The number of thiophene rings is 2. The molecule has 446 valence electrons. The number of benzene rings is 14. The molecule has 2 aromatic heterocycles. The van der Waals surface area contributed by atoms with Crippen molar-refractivity contribution in [2.24, 2.45) is 0 Å². The molecule has 94 heavy (non-hydrogen) atoms. The fourth-order valence-electron chi connectivity index (χ4n) is 12.9. The summed E-state index contributed by atoms with van der Waals surface area (Å²) in [6.45, 7) is 0. The van der Waals surface area contributed by atoms with Gasteiger partial charge in [0.25, 0.3) is 0 Å². The molecule has 0 aliphatic rings. The van der Waals surface area contributed by atoms with E-state index in [0.717, 1.165) is 79.4 Å². The normalized spacial score (nSPS) is 11.2. The lowest BCUT2D eigenvalue weighted by Gasteiger charge is -2.29. The van der Waals surface area contributed by atoms with Crippen LogP contribution >= 0.6 is 22.7 Å². The highest BCUT2D eigenvalue weighted by molar-refractivity contribution is 7.19. The van der Waals surface area contributed by atoms with Gasteiger partial charge in [0.05, 0.1) is 11.4 Å². The van der Waals surface area contributed by atoms with E-state index in [1.165, 1.54) is 63.3 Å². The molecule has 6 heteroatoms. The molecule has 0 N–H and O–H groups in total.